The van der Waals surface area contributed by atoms with E-state index >= 15 is 0 Å². The van der Waals surface area contributed by atoms with Crippen molar-refractivity contribution in [2.45, 2.75) is 18.4 Å². The zero-order valence-corrected chi connectivity index (χ0v) is 16.2. The molecule has 4 rings (SSSR count). The standard InChI is InChI=1S/C22H19N3O2S/c1-17-10-12-20(13-11-17)28(26,27)25(16-19-8-2-3-14-23-19)21-9-4-6-18-7-5-15-24-22(18)21/h2-15H,16H2,1H3. The summed E-state index contributed by atoms with van der Waals surface area (Å²) in [4.78, 5) is 9.00. The predicted molar refractivity (Wildman–Crippen MR) is 111 cm³/mol. The Hall–Kier alpha value is -3.25. The SMILES string of the molecule is Cc1ccc(S(=O)(=O)N(Cc2ccccn2)c2cccc3cccnc23)cc1. The van der Waals surface area contributed by atoms with Gasteiger partial charge in [0.25, 0.3) is 10.0 Å². The monoisotopic (exact) mass is 389 g/mol. The fraction of sp³-hybridized carbons (Fsp3) is 0.0909. The second kappa shape index (κ2) is 7.40. The number of aryl methyl sites for hydroxylation is 1. The molecule has 2 aromatic heterocycles. The van der Waals surface area contributed by atoms with E-state index in [1.165, 1.54) is 4.31 Å². The molecule has 0 atom stereocenters. The van der Waals surface area contributed by atoms with Gasteiger partial charge in [0.1, 0.15) is 0 Å². The van der Waals surface area contributed by atoms with E-state index in [4.69, 9.17) is 0 Å². The quantitative estimate of drug-likeness (QED) is 0.510. The van der Waals surface area contributed by atoms with Gasteiger partial charge in [-0.15, -0.1) is 0 Å². The van der Waals surface area contributed by atoms with Crippen molar-refractivity contribution in [2.75, 3.05) is 4.31 Å². The minimum Gasteiger partial charge on any atom is -0.259 e. The van der Waals surface area contributed by atoms with Crippen molar-refractivity contribution >= 4 is 26.6 Å². The van der Waals surface area contributed by atoms with E-state index in [0.29, 0.717) is 16.9 Å². The van der Waals surface area contributed by atoms with E-state index in [0.717, 1.165) is 10.9 Å². The van der Waals surface area contributed by atoms with Crippen molar-refractivity contribution in [3.8, 4) is 0 Å². The molecule has 4 aromatic rings. The lowest BCUT2D eigenvalue weighted by atomic mass is 10.2. The molecule has 0 N–H and O–H groups in total. The molecule has 0 saturated heterocycles. The van der Waals surface area contributed by atoms with Crippen molar-refractivity contribution in [3.63, 3.8) is 0 Å². The molecule has 0 radical (unpaired) electrons. The Morgan fingerprint density at radius 2 is 1.57 bits per heavy atom. The summed E-state index contributed by atoms with van der Waals surface area (Å²) in [6.45, 7) is 2.05. The summed E-state index contributed by atoms with van der Waals surface area (Å²) in [5.41, 5.74) is 2.83. The third kappa shape index (κ3) is 3.46. The molecule has 0 unspecified atom stereocenters. The van der Waals surface area contributed by atoms with Crippen molar-refractivity contribution in [2.24, 2.45) is 0 Å². The molecule has 0 bridgehead atoms. The summed E-state index contributed by atoms with van der Waals surface area (Å²) in [5, 5.41) is 0.880. The van der Waals surface area contributed by atoms with Crippen LogP contribution in [0.4, 0.5) is 5.69 Å². The minimum atomic E-state index is -3.81. The van der Waals surface area contributed by atoms with Crippen LogP contribution in [0.1, 0.15) is 11.3 Å². The van der Waals surface area contributed by atoms with Gasteiger partial charge in [-0.2, -0.15) is 0 Å². The van der Waals surface area contributed by atoms with Gasteiger partial charge in [-0.1, -0.05) is 42.0 Å². The molecule has 0 aliphatic rings. The highest BCUT2D eigenvalue weighted by Crippen LogP contribution is 2.31. The molecule has 140 valence electrons. The molecule has 2 heterocycles. The van der Waals surface area contributed by atoms with Crippen LogP contribution in [0.25, 0.3) is 10.9 Å². The summed E-state index contributed by atoms with van der Waals surface area (Å²) in [6.07, 6.45) is 3.33. The maximum atomic E-state index is 13.6. The number of hydrogen-bond acceptors (Lipinski definition) is 4. The number of hydrogen-bond donors (Lipinski definition) is 0. The number of aromatic nitrogens is 2. The first kappa shape index (κ1) is 18.1. The number of para-hydroxylation sites is 1. The number of pyridine rings is 2. The highest BCUT2D eigenvalue weighted by molar-refractivity contribution is 7.92. The molecule has 0 aliphatic heterocycles. The van der Waals surface area contributed by atoms with Crippen LogP contribution < -0.4 is 4.31 Å². The van der Waals surface area contributed by atoms with E-state index < -0.39 is 10.0 Å². The summed E-state index contributed by atoms with van der Waals surface area (Å²) >= 11 is 0. The number of fused-ring (bicyclic) bond motifs is 1. The molecule has 0 saturated carbocycles. The zero-order valence-electron chi connectivity index (χ0n) is 15.4. The van der Waals surface area contributed by atoms with Crippen LogP contribution in [-0.2, 0) is 16.6 Å². The summed E-state index contributed by atoms with van der Waals surface area (Å²) in [6, 6.07) is 21.6. The molecular weight excluding hydrogens is 370 g/mol. The molecule has 0 spiro atoms. The van der Waals surface area contributed by atoms with E-state index in [2.05, 4.69) is 9.97 Å². The van der Waals surface area contributed by atoms with Crippen molar-refractivity contribution in [1.29, 1.82) is 0 Å². The van der Waals surface area contributed by atoms with Gasteiger partial charge in [0.2, 0.25) is 0 Å². The van der Waals surface area contributed by atoms with E-state index in [1.807, 2.05) is 49.4 Å². The molecule has 0 amide bonds. The Bertz CT molecular complexity index is 1200. The van der Waals surface area contributed by atoms with Crippen LogP contribution in [-0.4, -0.2) is 18.4 Å². The Kier molecular flexibility index (Phi) is 4.79. The van der Waals surface area contributed by atoms with Gasteiger partial charge in [-0.25, -0.2) is 8.42 Å². The number of nitrogens with zero attached hydrogens (tertiary/aromatic N) is 3. The van der Waals surface area contributed by atoms with Gasteiger partial charge in [-0.3, -0.25) is 14.3 Å². The maximum Gasteiger partial charge on any atom is 0.264 e. The Balaban J connectivity index is 1.90. The highest BCUT2D eigenvalue weighted by atomic mass is 32.2. The van der Waals surface area contributed by atoms with Gasteiger partial charge >= 0.3 is 0 Å². The first-order valence-electron chi connectivity index (χ1n) is 8.89. The smallest absolute Gasteiger partial charge is 0.259 e. The van der Waals surface area contributed by atoms with E-state index in [-0.39, 0.29) is 11.4 Å². The fourth-order valence-electron chi connectivity index (χ4n) is 3.07. The first-order valence-corrected chi connectivity index (χ1v) is 10.3. The molecular formula is C22H19N3O2S. The lowest BCUT2D eigenvalue weighted by Crippen LogP contribution is -2.31. The normalized spacial score (nSPS) is 11.5. The maximum absolute atomic E-state index is 13.6. The molecule has 6 heteroatoms. The summed E-state index contributed by atoms with van der Waals surface area (Å²) in [5.74, 6) is 0. The Morgan fingerprint density at radius 1 is 0.821 bits per heavy atom. The van der Waals surface area contributed by atoms with Gasteiger partial charge < -0.3 is 0 Å². The number of sulfonamides is 1. The minimum absolute atomic E-state index is 0.118. The summed E-state index contributed by atoms with van der Waals surface area (Å²) in [7, 11) is -3.81. The predicted octanol–water partition coefficient (Wildman–Crippen LogP) is 4.33. The number of rotatable bonds is 5. The zero-order chi connectivity index (χ0) is 19.6. The van der Waals surface area contributed by atoms with Crippen molar-refractivity contribution in [1.82, 2.24) is 9.97 Å². The van der Waals surface area contributed by atoms with Crippen LogP contribution in [0, 0.1) is 6.92 Å². The van der Waals surface area contributed by atoms with Crippen molar-refractivity contribution < 1.29 is 8.42 Å². The largest absolute Gasteiger partial charge is 0.264 e. The Labute approximate surface area is 164 Å². The first-order chi connectivity index (χ1) is 13.6. The highest BCUT2D eigenvalue weighted by Gasteiger charge is 2.27. The fourth-order valence-corrected chi connectivity index (χ4v) is 4.51. The van der Waals surface area contributed by atoms with Gasteiger partial charge in [0.15, 0.2) is 0 Å². The summed E-state index contributed by atoms with van der Waals surface area (Å²) < 4.78 is 28.5. The lowest BCUT2D eigenvalue weighted by molar-refractivity contribution is 0.590. The third-order valence-corrected chi connectivity index (χ3v) is 6.29. The molecule has 5 nitrogen and oxygen atoms in total. The Morgan fingerprint density at radius 3 is 2.32 bits per heavy atom. The van der Waals surface area contributed by atoms with Crippen molar-refractivity contribution in [3.05, 3.63) is 96.4 Å². The van der Waals surface area contributed by atoms with Crippen LogP contribution in [0.15, 0.2) is 90.1 Å². The van der Waals surface area contributed by atoms with Crippen LogP contribution >= 0.6 is 0 Å². The third-order valence-electron chi connectivity index (χ3n) is 4.52. The molecule has 2 aromatic carbocycles. The van der Waals surface area contributed by atoms with Gasteiger partial charge in [0, 0.05) is 17.8 Å². The number of benzene rings is 2. The molecule has 0 fully saturated rings. The van der Waals surface area contributed by atoms with Crippen LogP contribution in [0.5, 0.6) is 0 Å². The van der Waals surface area contributed by atoms with Crippen LogP contribution in [0.3, 0.4) is 0 Å². The topological polar surface area (TPSA) is 63.2 Å². The molecule has 28 heavy (non-hydrogen) atoms. The average Bonchev–Trinajstić information content (AvgIpc) is 2.73. The average molecular weight is 389 g/mol. The lowest BCUT2D eigenvalue weighted by Gasteiger charge is -2.25. The van der Waals surface area contributed by atoms with Gasteiger partial charge in [0.05, 0.1) is 28.3 Å². The molecule has 0 aliphatic carbocycles. The van der Waals surface area contributed by atoms with E-state index in [9.17, 15) is 8.42 Å². The van der Waals surface area contributed by atoms with E-state index in [1.54, 1.807) is 42.7 Å². The number of anilines is 1. The van der Waals surface area contributed by atoms with Gasteiger partial charge in [-0.05, 0) is 43.3 Å². The second-order valence-corrected chi connectivity index (χ2v) is 8.36. The van der Waals surface area contributed by atoms with Crippen LogP contribution in [0.2, 0.25) is 0 Å². The second-order valence-electron chi connectivity index (χ2n) is 6.50.